The van der Waals surface area contributed by atoms with Crippen LogP contribution in [-0.2, 0) is 6.54 Å². The number of hydrogen-bond donors (Lipinski definition) is 1. The van der Waals surface area contributed by atoms with Crippen molar-refractivity contribution in [2.75, 3.05) is 6.61 Å². The van der Waals surface area contributed by atoms with Crippen molar-refractivity contribution in [3.63, 3.8) is 0 Å². The van der Waals surface area contributed by atoms with Crippen molar-refractivity contribution in [1.82, 2.24) is 9.55 Å². The third-order valence-corrected chi connectivity index (χ3v) is 4.67. The lowest BCUT2D eigenvalue weighted by atomic mass is 10.0. The monoisotopic (exact) mass is 322 g/mol. The van der Waals surface area contributed by atoms with Crippen LogP contribution in [0, 0.1) is 5.92 Å². The normalized spacial score (nSPS) is 12.9. The zero-order chi connectivity index (χ0) is 16.9. The lowest BCUT2D eigenvalue weighted by Crippen LogP contribution is -2.04. The molecule has 0 amide bonds. The highest BCUT2D eigenvalue weighted by Gasteiger charge is 2.06. The number of aryl methyl sites for hydroxylation is 1. The molecule has 0 spiro atoms. The highest BCUT2D eigenvalue weighted by molar-refractivity contribution is 4.97. The van der Waals surface area contributed by atoms with Gasteiger partial charge in [0.15, 0.2) is 0 Å². The Labute approximate surface area is 143 Å². The molecule has 1 atom stereocenters. The summed E-state index contributed by atoms with van der Waals surface area (Å²) < 4.78 is 2.32. The summed E-state index contributed by atoms with van der Waals surface area (Å²) in [7, 11) is 0. The lowest BCUT2D eigenvalue weighted by Gasteiger charge is -2.10. The SMILES string of the molecule is CC(CO)CCCCCCCCCCCn1ccnc1C(C)C. The van der Waals surface area contributed by atoms with E-state index in [4.69, 9.17) is 5.11 Å². The van der Waals surface area contributed by atoms with Gasteiger partial charge in [-0.3, -0.25) is 0 Å². The van der Waals surface area contributed by atoms with Gasteiger partial charge in [-0.05, 0) is 18.8 Å². The predicted octanol–water partition coefficient (Wildman–Crippen LogP) is 5.54. The molecule has 0 saturated heterocycles. The van der Waals surface area contributed by atoms with Crippen LogP contribution in [0.5, 0.6) is 0 Å². The van der Waals surface area contributed by atoms with Crippen LogP contribution < -0.4 is 0 Å². The average Bonchev–Trinajstić information content (AvgIpc) is 3.01. The fourth-order valence-corrected chi connectivity index (χ4v) is 3.11. The van der Waals surface area contributed by atoms with Gasteiger partial charge in [0.2, 0.25) is 0 Å². The van der Waals surface area contributed by atoms with Crippen LogP contribution in [0.2, 0.25) is 0 Å². The Morgan fingerprint density at radius 1 is 0.913 bits per heavy atom. The molecule has 1 N–H and O–H groups in total. The minimum absolute atomic E-state index is 0.345. The summed E-state index contributed by atoms with van der Waals surface area (Å²) in [6, 6.07) is 0. The molecule has 23 heavy (non-hydrogen) atoms. The lowest BCUT2D eigenvalue weighted by molar-refractivity contribution is 0.227. The first kappa shape index (κ1) is 20.2. The van der Waals surface area contributed by atoms with E-state index in [1.54, 1.807) is 0 Å². The molecule has 0 aliphatic heterocycles. The van der Waals surface area contributed by atoms with Gasteiger partial charge in [0.1, 0.15) is 5.82 Å². The first-order valence-electron chi connectivity index (χ1n) is 9.77. The van der Waals surface area contributed by atoms with Crippen LogP contribution in [0.3, 0.4) is 0 Å². The van der Waals surface area contributed by atoms with Crippen molar-refractivity contribution in [1.29, 1.82) is 0 Å². The molecule has 1 unspecified atom stereocenters. The Kier molecular flexibility index (Phi) is 11.1. The van der Waals surface area contributed by atoms with E-state index in [0.717, 1.165) is 6.54 Å². The molecule has 3 heteroatoms. The molecule has 0 aliphatic rings. The summed E-state index contributed by atoms with van der Waals surface area (Å²) in [5.41, 5.74) is 0. The van der Waals surface area contributed by atoms with Gasteiger partial charge in [0, 0.05) is 31.5 Å². The zero-order valence-electron chi connectivity index (χ0n) is 15.6. The number of unbranched alkanes of at least 4 members (excludes halogenated alkanes) is 8. The quantitative estimate of drug-likeness (QED) is 0.457. The maximum absolute atomic E-state index is 8.98. The Morgan fingerprint density at radius 3 is 2.04 bits per heavy atom. The van der Waals surface area contributed by atoms with Crippen LogP contribution in [0.25, 0.3) is 0 Å². The van der Waals surface area contributed by atoms with E-state index in [1.165, 1.54) is 70.0 Å². The summed E-state index contributed by atoms with van der Waals surface area (Å²) in [6.45, 7) is 8.02. The summed E-state index contributed by atoms with van der Waals surface area (Å²) in [5.74, 6) is 2.23. The van der Waals surface area contributed by atoms with Crippen molar-refractivity contribution in [3.05, 3.63) is 18.2 Å². The molecule has 1 aromatic heterocycles. The Morgan fingerprint density at radius 2 is 1.48 bits per heavy atom. The van der Waals surface area contributed by atoms with Gasteiger partial charge < -0.3 is 9.67 Å². The fraction of sp³-hybridized carbons (Fsp3) is 0.850. The first-order chi connectivity index (χ1) is 11.1. The number of aromatic nitrogens is 2. The molecule has 1 aromatic rings. The van der Waals surface area contributed by atoms with Crippen molar-refractivity contribution >= 4 is 0 Å². The average molecular weight is 323 g/mol. The van der Waals surface area contributed by atoms with Crippen LogP contribution in [-0.4, -0.2) is 21.3 Å². The standard InChI is InChI=1S/C20H38N2O/c1-18(2)20-21-14-16-22(20)15-12-10-8-6-4-5-7-9-11-13-19(3)17-23/h14,16,18-19,23H,4-13,15,17H2,1-3H3. The molecule has 0 saturated carbocycles. The van der Waals surface area contributed by atoms with E-state index in [1.807, 2.05) is 6.20 Å². The Hall–Kier alpha value is -0.830. The molecule has 1 heterocycles. The smallest absolute Gasteiger partial charge is 0.111 e. The number of nitrogens with zero attached hydrogens (tertiary/aromatic N) is 2. The van der Waals surface area contributed by atoms with Crippen LogP contribution in [0.15, 0.2) is 12.4 Å². The number of rotatable bonds is 14. The number of hydrogen-bond acceptors (Lipinski definition) is 2. The molecule has 0 fully saturated rings. The minimum atomic E-state index is 0.345. The maximum atomic E-state index is 8.98. The van der Waals surface area contributed by atoms with Gasteiger partial charge >= 0.3 is 0 Å². The highest BCUT2D eigenvalue weighted by atomic mass is 16.3. The second-order valence-electron chi connectivity index (χ2n) is 7.39. The highest BCUT2D eigenvalue weighted by Crippen LogP contribution is 2.15. The number of imidazole rings is 1. The fourth-order valence-electron chi connectivity index (χ4n) is 3.11. The van der Waals surface area contributed by atoms with Crippen molar-refractivity contribution in [2.45, 2.75) is 97.4 Å². The van der Waals surface area contributed by atoms with E-state index in [9.17, 15) is 0 Å². The minimum Gasteiger partial charge on any atom is -0.396 e. The Bertz CT molecular complexity index is 387. The Balaban J connectivity index is 1.89. The van der Waals surface area contributed by atoms with Crippen LogP contribution >= 0.6 is 0 Å². The molecule has 0 radical (unpaired) electrons. The van der Waals surface area contributed by atoms with Crippen molar-refractivity contribution in [2.24, 2.45) is 5.92 Å². The summed E-state index contributed by atoms with van der Waals surface area (Å²) in [5, 5.41) is 8.98. The molecular formula is C20H38N2O. The van der Waals surface area contributed by atoms with Crippen LogP contribution in [0.1, 0.15) is 96.7 Å². The summed E-state index contributed by atoms with van der Waals surface area (Å²) in [4.78, 5) is 4.44. The summed E-state index contributed by atoms with van der Waals surface area (Å²) in [6.07, 6.45) is 17.3. The second kappa shape index (κ2) is 12.6. The molecule has 1 rings (SSSR count). The topological polar surface area (TPSA) is 38.0 Å². The second-order valence-corrected chi connectivity index (χ2v) is 7.39. The molecule has 0 aliphatic carbocycles. The third-order valence-electron chi connectivity index (χ3n) is 4.67. The van der Waals surface area contributed by atoms with E-state index < -0.39 is 0 Å². The van der Waals surface area contributed by atoms with E-state index in [2.05, 4.69) is 36.5 Å². The number of aliphatic hydroxyl groups excluding tert-OH is 1. The van der Waals surface area contributed by atoms with E-state index in [0.29, 0.717) is 18.4 Å². The van der Waals surface area contributed by atoms with Crippen LogP contribution in [0.4, 0.5) is 0 Å². The zero-order valence-corrected chi connectivity index (χ0v) is 15.6. The van der Waals surface area contributed by atoms with Gasteiger partial charge in [-0.1, -0.05) is 72.1 Å². The molecule has 0 aromatic carbocycles. The molecule has 134 valence electrons. The summed E-state index contributed by atoms with van der Waals surface area (Å²) >= 11 is 0. The van der Waals surface area contributed by atoms with Gasteiger partial charge in [-0.15, -0.1) is 0 Å². The molecule has 0 bridgehead atoms. The van der Waals surface area contributed by atoms with Gasteiger partial charge in [0.25, 0.3) is 0 Å². The van der Waals surface area contributed by atoms with Gasteiger partial charge in [-0.25, -0.2) is 4.98 Å². The third kappa shape index (κ3) is 9.14. The number of aliphatic hydroxyl groups is 1. The van der Waals surface area contributed by atoms with E-state index in [-0.39, 0.29) is 0 Å². The van der Waals surface area contributed by atoms with Crippen molar-refractivity contribution < 1.29 is 5.11 Å². The van der Waals surface area contributed by atoms with Gasteiger partial charge in [-0.2, -0.15) is 0 Å². The van der Waals surface area contributed by atoms with Crippen molar-refractivity contribution in [3.8, 4) is 0 Å². The predicted molar refractivity (Wildman–Crippen MR) is 98.7 cm³/mol. The maximum Gasteiger partial charge on any atom is 0.111 e. The first-order valence-corrected chi connectivity index (χ1v) is 9.77. The molecule has 3 nitrogen and oxygen atoms in total. The van der Waals surface area contributed by atoms with Gasteiger partial charge in [0.05, 0.1) is 0 Å². The van der Waals surface area contributed by atoms with E-state index >= 15 is 0 Å². The molecular weight excluding hydrogens is 284 g/mol. The largest absolute Gasteiger partial charge is 0.396 e.